The van der Waals surface area contributed by atoms with Gasteiger partial charge in [0.2, 0.25) is 0 Å². The summed E-state index contributed by atoms with van der Waals surface area (Å²) < 4.78 is 3.78. The molecule has 0 saturated carbocycles. The Morgan fingerprint density at radius 3 is 2.50 bits per heavy atom. The standard InChI is InChI=1S/C12H20N2OS/c1-3-4-5-6-7-8-9-11(15)12-10(2)13-14-16-12/h3-9H2,1-2H3. The fourth-order valence-electron chi connectivity index (χ4n) is 1.67. The first kappa shape index (κ1) is 13.3. The number of carbonyl (C=O) groups is 1. The first-order valence-corrected chi connectivity index (χ1v) is 6.85. The summed E-state index contributed by atoms with van der Waals surface area (Å²) >= 11 is 1.22. The molecule has 0 bridgehead atoms. The van der Waals surface area contributed by atoms with Crippen LogP contribution in [0.4, 0.5) is 0 Å². The lowest BCUT2D eigenvalue weighted by molar-refractivity contribution is 0.0982. The van der Waals surface area contributed by atoms with Crippen molar-refractivity contribution >= 4 is 17.3 Å². The Morgan fingerprint density at radius 1 is 1.19 bits per heavy atom. The summed E-state index contributed by atoms with van der Waals surface area (Å²) in [6, 6.07) is 0. The second-order valence-electron chi connectivity index (χ2n) is 4.13. The molecule has 90 valence electrons. The summed E-state index contributed by atoms with van der Waals surface area (Å²) in [5.74, 6) is 0.211. The summed E-state index contributed by atoms with van der Waals surface area (Å²) in [4.78, 5) is 12.5. The van der Waals surface area contributed by atoms with Crippen LogP contribution in [0.25, 0.3) is 0 Å². The van der Waals surface area contributed by atoms with Gasteiger partial charge in [-0.3, -0.25) is 4.79 Å². The van der Waals surface area contributed by atoms with Gasteiger partial charge in [0.15, 0.2) is 5.78 Å². The fraction of sp³-hybridized carbons (Fsp3) is 0.750. The van der Waals surface area contributed by atoms with E-state index in [4.69, 9.17) is 0 Å². The van der Waals surface area contributed by atoms with Crippen LogP contribution in [0, 0.1) is 6.92 Å². The highest BCUT2D eigenvalue weighted by Crippen LogP contribution is 2.15. The molecule has 0 N–H and O–H groups in total. The smallest absolute Gasteiger partial charge is 0.176 e. The predicted molar refractivity (Wildman–Crippen MR) is 67.0 cm³/mol. The van der Waals surface area contributed by atoms with Crippen LogP contribution in [0.5, 0.6) is 0 Å². The zero-order chi connectivity index (χ0) is 11.8. The average molecular weight is 240 g/mol. The van der Waals surface area contributed by atoms with Gasteiger partial charge in [-0.15, -0.1) is 5.10 Å². The zero-order valence-electron chi connectivity index (χ0n) is 10.2. The van der Waals surface area contributed by atoms with Crippen molar-refractivity contribution in [2.45, 2.75) is 58.8 Å². The molecule has 0 atom stereocenters. The SMILES string of the molecule is CCCCCCCCC(=O)c1snnc1C. The molecule has 0 saturated heterocycles. The maximum Gasteiger partial charge on any atom is 0.176 e. The number of Topliss-reactive ketones (excluding diaryl/α,β-unsaturated/α-hetero) is 1. The minimum atomic E-state index is 0.211. The molecule has 1 aromatic rings. The first-order chi connectivity index (χ1) is 7.75. The largest absolute Gasteiger partial charge is 0.293 e. The molecular weight excluding hydrogens is 220 g/mol. The van der Waals surface area contributed by atoms with Crippen LogP contribution in [0.3, 0.4) is 0 Å². The number of carbonyl (C=O) groups excluding carboxylic acids is 1. The molecule has 0 amide bonds. The molecule has 0 spiro atoms. The van der Waals surface area contributed by atoms with E-state index >= 15 is 0 Å². The lowest BCUT2D eigenvalue weighted by Gasteiger charge is -1.99. The van der Waals surface area contributed by atoms with E-state index in [9.17, 15) is 4.79 Å². The Labute approximate surface area is 101 Å². The number of aromatic nitrogens is 2. The Balaban J connectivity index is 2.14. The Kier molecular flexibility index (Phi) is 6.23. The number of aryl methyl sites for hydroxylation is 1. The van der Waals surface area contributed by atoms with Crippen LogP contribution in [0.15, 0.2) is 0 Å². The average Bonchev–Trinajstić information content (AvgIpc) is 2.69. The maximum absolute atomic E-state index is 11.7. The zero-order valence-corrected chi connectivity index (χ0v) is 11.0. The Bertz CT molecular complexity index is 323. The van der Waals surface area contributed by atoms with E-state index in [-0.39, 0.29) is 5.78 Å². The normalized spacial score (nSPS) is 10.6. The first-order valence-electron chi connectivity index (χ1n) is 6.08. The number of rotatable bonds is 8. The molecule has 0 aliphatic carbocycles. The second-order valence-corrected chi connectivity index (χ2v) is 4.88. The third-order valence-electron chi connectivity index (χ3n) is 2.66. The highest BCUT2D eigenvalue weighted by molar-refractivity contribution is 7.08. The van der Waals surface area contributed by atoms with E-state index in [0.717, 1.165) is 23.4 Å². The summed E-state index contributed by atoms with van der Waals surface area (Å²) in [7, 11) is 0. The van der Waals surface area contributed by atoms with Crippen molar-refractivity contribution in [3.63, 3.8) is 0 Å². The maximum atomic E-state index is 11.7. The van der Waals surface area contributed by atoms with Crippen LogP contribution in [-0.2, 0) is 0 Å². The molecular formula is C12H20N2OS. The van der Waals surface area contributed by atoms with Crippen molar-refractivity contribution in [1.29, 1.82) is 0 Å². The van der Waals surface area contributed by atoms with Gasteiger partial charge in [0.05, 0.1) is 5.69 Å². The molecule has 0 aliphatic rings. The lowest BCUT2D eigenvalue weighted by atomic mass is 10.1. The minimum absolute atomic E-state index is 0.211. The highest BCUT2D eigenvalue weighted by atomic mass is 32.1. The van der Waals surface area contributed by atoms with Crippen molar-refractivity contribution in [2.75, 3.05) is 0 Å². The van der Waals surface area contributed by atoms with Crippen molar-refractivity contribution in [3.05, 3.63) is 10.6 Å². The van der Waals surface area contributed by atoms with E-state index in [0.29, 0.717) is 6.42 Å². The third kappa shape index (κ3) is 4.39. The molecule has 0 unspecified atom stereocenters. The van der Waals surface area contributed by atoms with Gasteiger partial charge in [-0.2, -0.15) is 0 Å². The van der Waals surface area contributed by atoms with Crippen molar-refractivity contribution in [1.82, 2.24) is 9.59 Å². The van der Waals surface area contributed by atoms with Crippen LogP contribution in [-0.4, -0.2) is 15.4 Å². The molecule has 4 heteroatoms. The van der Waals surface area contributed by atoms with E-state index in [2.05, 4.69) is 16.5 Å². The predicted octanol–water partition coefficient (Wildman–Crippen LogP) is 3.78. The summed E-state index contributed by atoms with van der Waals surface area (Å²) in [6.07, 6.45) is 7.94. The van der Waals surface area contributed by atoms with Gasteiger partial charge in [-0.1, -0.05) is 43.5 Å². The number of nitrogens with zero attached hydrogens (tertiary/aromatic N) is 2. The second kappa shape index (κ2) is 7.49. The van der Waals surface area contributed by atoms with Crippen molar-refractivity contribution < 1.29 is 4.79 Å². The Morgan fingerprint density at radius 2 is 1.88 bits per heavy atom. The highest BCUT2D eigenvalue weighted by Gasteiger charge is 2.12. The fourth-order valence-corrected chi connectivity index (χ4v) is 2.29. The quantitative estimate of drug-likeness (QED) is 0.513. The van der Waals surface area contributed by atoms with Crippen molar-refractivity contribution in [3.8, 4) is 0 Å². The third-order valence-corrected chi connectivity index (χ3v) is 3.53. The van der Waals surface area contributed by atoms with Crippen LogP contribution in [0.2, 0.25) is 0 Å². The molecule has 3 nitrogen and oxygen atoms in total. The lowest BCUT2D eigenvalue weighted by Crippen LogP contribution is -1.98. The van der Waals surface area contributed by atoms with Gasteiger partial charge >= 0.3 is 0 Å². The molecule has 1 rings (SSSR count). The van der Waals surface area contributed by atoms with Gasteiger partial charge in [0.25, 0.3) is 0 Å². The van der Waals surface area contributed by atoms with Gasteiger partial charge in [0.1, 0.15) is 4.88 Å². The summed E-state index contributed by atoms with van der Waals surface area (Å²) in [5, 5.41) is 3.85. The van der Waals surface area contributed by atoms with Crippen LogP contribution < -0.4 is 0 Å². The molecule has 0 aromatic carbocycles. The molecule has 0 aliphatic heterocycles. The van der Waals surface area contributed by atoms with Gasteiger partial charge in [-0.25, -0.2) is 0 Å². The van der Waals surface area contributed by atoms with E-state index in [1.807, 2.05) is 6.92 Å². The minimum Gasteiger partial charge on any atom is -0.293 e. The monoisotopic (exact) mass is 240 g/mol. The number of unbranched alkanes of at least 4 members (excludes halogenated alkanes) is 5. The molecule has 1 heterocycles. The molecule has 0 radical (unpaired) electrons. The summed E-state index contributed by atoms with van der Waals surface area (Å²) in [6.45, 7) is 4.06. The van der Waals surface area contributed by atoms with E-state index < -0.39 is 0 Å². The molecule has 0 fully saturated rings. The van der Waals surface area contributed by atoms with E-state index in [1.165, 1.54) is 37.2 Å². The number of hydrogen-bond acceptors (Lipinski definition) is 4. The van der Waals surface area contributed by atoms with Crippen LogP contribution in [0.1, 0.15) is 67.2 Å². The molecule has 16 heavy (non-hydrogen) atoms. The van der Waals surface area contributed by atoms with Gasteiger partial charge in [-0.05, 0) is 24.9 Å². The van der Waals surface area contributed by atoms with Crippen molar-refractivity contribution in [2.24, 2.45) is 0 Å². The number of hydrogen-bond donors (Lipinski definition) is 0. The number of ketones is 1. The van der Waals surface area contributed by atoms with E-state index in [1.54, 1.807) is 0 Å². The molecule has 1 aromatic heterocycles. The van der Waals surface area contributed by atoms with Gasteiger partial charge < -0.3 is 0 Å². The summed E-state index contributed by atoms with van der Waals surface area (Å²) in [5.41, 5.74) is 0.779. The van der Waals surface area contributed by atoms with Crippen LogP contribution >= 0.6 is 11.5 Å². The topological polar surface area (TPSA) is 42.9 Å². The van der Waals surface area contributed by atoms with Gasteiger partial charge in [0, 0.05) is 6.42 Å². The Hall–Kier alpha value is -0.770.